The van der Waals surface area contributed by atoms with Gasteiger partial charge in [-0.2, -0.15) is 0 Å². The van der Waals surface area contributed by atoms with Gasteiger partial charge in [0.25, 0.3) is 0 Å². The minimum absolute atomic E-state index is 0.375. The maximum atomic E-state index is 5.51. The van der Waals surface area contributed by atoms with E-state index in [2.05, 4.69) is 33.0 Å². The monoisotopic (exact) mass is 243 g/mol. The molecule has 0 aromatic rings. The first-order valence-corrected chi connectivity index (χ1v) is 7.51. The molecule has 0 saturated heterocycles. The van der Waals surface area contributed by atoms with Crippen molar-refractivity contribution < 1.29 is 4.74 Å². The summed E-state index contributed by atoms with van der Waals surface area (Å²) in [7, 11) is 0. The second-order valence-electron chi connectivity index (χ2n) is 5.33. The zero-order valence-corrected chi connectivity index (χ0v) is 12.4. The normalized spacial score (nSPS) is 13.2. The van der Waals surface area contributed by atoms with Gasteiger partial charge in [-0.3, -0.25) is 0 Å². The van der Waals surface area contributed by atoms with Crippen LogP contribution in [0, 0.1) is 0 Å². The van der Waals surface area contributed by atoms with Gasteiger partial charge in [-0.25, -0.2) is 0 Å². The van der Waals surface area contributed by atoms with E-state index in [4.69, 9.17) is 4.74 Å². The van der Waals surface area contributed by atoms with Crippen LogP contribution in [0.5, 0.6) is 0 Å². The lowest BCUT2D eigenvalue weighted by Crippen LogP contribution is -2.27. The Kier molecular flexibility index (Phi) is 12.3. The van der Waals surface area contributed by atoms with Gasteiger partial charge in [0, 0.05) is 12.6 Å². The van der Waals surface area contributed by atoms with Crippen molar-refractivity contribution in [3.8, 4) is 0 Å². The second kappa shape index (κ2) is 12.4. The molecule has 0 aliphatic carbocycles. The molecule has 0 fully saturated rings. The second-order valence-corrected chi connectivity index (χ2v) is 5.33. The molecule has 17 heavy (non-hydrogen) atoms. The molecular formula is C15H33NO. The van der Waals surface area contributed by atoms with Crippen molar-refractivity contribution in [3.05, 3.63) is 0 Å². The summed E-state index contributed by atoms with van der Waals surface area (Å²) in [5, 5.41) is 3.59. The van der Waals surface area contributed by atoms with E-state index in [1.54, 1.807) is 0 Å². The summed E-state index contributed by atoms with van der Waals surface area (Å²) in [6, 6.07) is 0.679. The summed E-state index contributed by atoms with van der Waals surface area (Å²) in [6.45, 7) is 10.8. The van der Waals surface area contributed by atoms with Gasteiger partial charge >= 0.3 is 0 Å². The molecule has 0 spiro atoms. The summed E-state index contributed by atoms with van der Waals surface area (Å²) in [5.74, 6) is 0. The number of ether oxygens (including phenoxy) is 1. The molecule has 0 rings (SSSR count). The van der Waals surface area contributed by atoms with Crippen LogP contribution in [-0.4, -0.2) is 25.3 Å². The maximum absolute atomic E-state index is 5.51. The van der Waals surface area contributed by atoms with Crippen molar-refractivity contribution in [1.82, 2.24) is 5.32 Å². The fraction of sp³-hybridized carbons (Fsp3) is 1.00. The molecule has 1 N–H and O–H groups in total. The van der Waals surface area contributed by atoms with Crippen LogP contribution in [0.1, 0.15) is 72.6 Å². The van der Waals surface area contributed by atoms with Crippen molar-refractivity contribution in [3.63, 3.8) is 0 Å². The van der Waals surface area contributed by atoms with Gasteiger partial charge < -0.3 is 10.1 Å². The molecule has 0 saturated carbocycles. The van der Waals surface area contributed by atoms with Crippen molar-refractivity contribution in [1.29, 1.82) is 0 Å². The Morgan fingerprint density at radius 3 is 2.35 bits per heavy atom. The van der Waals surface area contributed by atoms with Crippen molar-refractivity contribution >= 4 is 0 Å². The van der Waals surface area contributed by atoms with Crippen molar-refractivity contribution in [2.75, 3.05) is 13.2 Å². The summed E-state index contributed by atoms with van der Waals surface area (Å²) in [4.78, 5) is 0. The third-order valence-corrected chi connectivity index (χ3v) is 3.01. The summed E-state index contributed by atoms with van der Waals surface area (Å²) in [6.07, 6.45) is 9.59. The molecule has 2 heteroatoms. The van der Waals surface area contributed by atoms with Gasteiger partial charge in [0.1, 0.15) is 0 Å². The molecule has 0 bridgehead atoms. The number of unbranched alkanes of at least 4 members (excludes halogenated alkanes) is 4. The zero-order valence-electron chi connectivity index (χ0n) is 12.4. The highest BCUT2D eigenvalue weighted by molar-refractivity contribution is 4.60. The SMILES string of the molecule is CCCCCCC(C)NCCCCOC(C)C. The van der Waals surface area contributed by atoms with Gasteiger partial charge in [-0.1, -0.05) is 32.6 Å². The van der Waals surface area contributed by atoms with Crippen LogP contribution < -0.4 is 5.32 Å². The molecule has 0 aromatic carbocycles. The first kappa shape index (κ1) is 16.9. The first-order chi connectivity index (χ1) is 8.16. The van der Waals surface area contributed by atoms with Gasteiger partial charge in [-0.05, 0) is 46.6 Å². The van der Waals surface area contributed by atoms with E-state index in [0.29, 0.717) is 12.1 Å². The predicted molar refractivity (Wildman–Crippen MR) is 76.5 cm³/mol. The topological polar surface area (TPSA) is 21.3 Å². The van der Waals surface area contributed by atoms with Gasteiger partial charge in [0.05, 0.1) is 6.10 Å². The molecule has 0 aliphatic heterocycles. The van der Waals surface area contributed by atoms with E-state index in [-0.39, 0.29) is 0 Å². The lowest BCUT2D eigenvalue weighted by atomic mass is 10.1. The largest absolute Gasteiger partial charge is 0.379 e. The Balaban J connectivity index is 3.13. The average molecular weight is 243 g/mol. The van der Waals surface area contributed by atoms with Crippen LogP contribution in [0.25, 0.3) is 0 Å². The third-order valence-electron chi connectivity index (χ3n) is 3.01. The fourth-order valence-corrected chi connectivity index (χ4v) is 1.87. The maximum Gasteiger partial charge on any atom is 0.0518 e. The van der Waals surface area contributed by atoms with E-state index >= 15 is 0 Å². The number of hydrogen-bond donors (Lipinski definition) is 1. The van der Waals surface area contributed by atoms with Gasteiger partial charge in [-0.15, -0.1) is 0 Å². The van der Waals surface area contributed by atoms with Gasteiger partial charge in [0.2, 0.25) is 0 Å². The number of rotatable bonds is 12. The molecule has 1 unspecified atom stereocenters. The Bertz CT molecular complexity index is 148. The van der Waals surface area contributed by atoms with Gasteiger partial charge in [0.15, 0.2) is 0 Å². The highest BCUT2D eigenvalue weighted by atomic mass is 16.5. The number of nitrogens with one attached hydrogen (secondary N) is 1. The van der Waals surface area contributed by atoms with E-state index in [9.17, 15) is 0 Å². The van der Waals surface area contributed by atoms with E-state index < -0.39 is 0 Å². The quantitative estimate of drug-likeness (QED) is 0.520. The van der Waals surface area contributed by atoms with E-state index in [1.807, 2.05) is 0 Å². The van der Waals surface area contributed by atoms with Crippen LogP contribution in [0.4, 0.5) is 0 Å². The van der Waals surface area contributed by atoms with E-state index in [0.717, 1.165) is 13.2 Å². The number of hydrogen-bond acceptors (Lipinski definition) is 2. The molecule has 0 radical (unpaired) electrons. The van der Waals surface area contributed by atoms with Crippen LogP contribution in [0.3, 0.4) is 0 Å². The Hall–Kier alpha value is -0.0800. The fourth-order valence-electron chi connectivity index (χ4n) is 1.87. The van der Waals surface area contributed by atoms with Crippen molar-refractivity contribution in [2.45, 2.75) is 84.8 Å². The standard InChI is InChI=1S/C15H33NO/c1-5-6-7-8-11-15(4)16-12-9-10-13-17-14(2)3/h14-16H,5-13H2,1-4H3. The minimum atomic E-state index is 0.375. The molecule has 2 nitrogen and oxygen atoms in total. The lowest BCUT2D eigenvalue weighted by molar-refractivity contribution is 0.0759. The smallest absolute Gasteiger partial charge is 0.0518 e. The first-order valence-electron chi connectivity index (χ1n) is 7.51. The molecular weight excluding hydrogens is 210 g/mol. The highest BCUT2D eigenvalue weighted by Crippen LogP contribution is 2.05. The molecule has 0 aromatic heterocycles. The Morgan fingerprint density at radius 1 is 0.941 bits per heavy atom. The average Bonchev–Trinajstić information content (AvgIpc) is 2.29. The minimum Gasteiger partial charge on any atom is -0.379 e. The highest BCUT2D eigenvalue weighted by Gasteiger charge is 2.00. The zero-order chi connectivity index (χ0) is 12.9. The predicted octanol–water partition coefficient (Wildman–Crippen LogP) is 4.14. The Morgan fingerprint density at radius 2 is 1.71 bits per heavy atom. The van der Waals surface area contributed by atoms with Crippen molar-refractivity contribution in [2.24, 2.45) is 0 Å². The van der Waals surface area contributed by atoms with Crippen LogP contribution in [0.15, 0.2) is 0 Å². The summed E-state index contributed by atoms with van der Waals surface area (Å²) < 4.78 is 5.51. The summed E-state index contributed by atoms with van der Waals surface area (Å²) in [5.41, 5.74) is 0. The molecule has 104 valence electrons. The Labute approximate surface area is 109 Å². The molecule has 0 aliphatic rings. The lowest BCUT2D eigenvalue weighted by Gasteiger charge is -2.13. The van der Waals surface area contributed by atoms with Crippen LogP contribution >= 0.6 is 0 Å². The van der Waals surface area contributed by atoms with Crippen LogP contribution in [0.2, 0.25) is 0 Å². The molecule has 0 amide bonds. The van der Waals surface area contributed by atoms with E-state index in [1.165, 1.54) is 44.9 Å². The van der Waals surface area contributed by atoms with Crippen LogP contribution in [-0.2, 0) is 4.74 Å². The third kappa shape index (κ3) is 13.9. The summed E-state index contributed by atoms with van der Waals surface area (Å²) >= 11 is 0. The molecule has 1 atom stereocenters. The molecule has 0 heterocycles.